The van der Waals surface area contributed by atoms with Crippen LogP contribution < -0.4 is 0 Å². The maximum absolute atomic E-state index is 2.77. The Hall–Kier alpha value is 0. The summed E-state index contributed by atoms with van der Waals surface area (Å²) in [5, 5.41) is 0. The number of hydrogen-bond acceptors (Lipinski definition) is 0. The van der Waals surface area contributed by atoms with Gasteiger partial charge in [-0.2, -0.15) is 0 Å². The van der Waals surface area contributed by atoms with Crippen LogP contribution in [0.3, 0.4) is 0 Å². The molecule has 0 N–H and O–H groups in total. The third-order valence-electron chi connectivity index (χ3n) is 4.74. The van der Waals surface area contributed by atoms with E-state index >= 15 is 0 Å². The zero-order chi connectivity index (χ0) is 15.8. The highest BCUT2D eigenvalue weighted by molar-refractivity contribution is 4.83. The molecule has 0 saturated carbocycles. The fourth-order valence-electron chi connectivity index (χ4n) is 3.37. The zero-order valence-corrected chi connectivity index (χ0v) is 15.6. The third kappa shape index (κ3) is 13.4. The van der Waals surface area contributed by atoms with E-state index in [1.54, 1.807) is 0 Å². The van der Waals surface area contributed by atoms with E-state index in [0.717, 1.165) is 11.8 Å². The van der Waals surface area contributed by atoms with Gasteiger partial charge in [-0.25, -0.2) is 0 Å². The molecule has 0 aromatic carbocycles. The van der Waals surface area contributed by atoms with E-state index < -0.39 is 0 Å². The van der Waals surface area contributed by atoms with E-state index in [2.05, 4.69) is 34.1 Å². The Morgan fingerprint density at radius 1 is 0.476 bits per heavy atom. The molecule has 0 aliphatic heterocycles. The van der Waals surface area contributed by atoms with Gasteiger partial charge >= 0.3 is 0 Å². The summed E-state index contributed by atoms with van der Waals surface area (Å²) in [7, 11) is 0. The minimum Gasteiger partial charge on any atom is -0.0654 e. The van der Waals surface area contributed by atoms with Crippen molar-refractivity contribution in [2.45, 2.75) is 118 Å². The monoisotopic (exact) mass is 295 g/mol. The van der Waals surface area contributed by atoms with E-state index in [0.29, 0.717) is 0 Å². The van der Waals surface area contributed by atoms with Crippen LogP contribution in [0.1, 0.15) is 118 Å². The summed E-state index contributed by atoms with van der Waals surface area (Å²) >= 11 is 0. The van der Waals surface area contributed by atoms with Crippen LogP contribution in [0.4, 0.5) is 0 Å². The second-order valence-electron chi connectivity index (χ2n) is 6.99. The van der Waals surface area contributed by atoms with Crippen LogP contribution in [0, 0.1) is 18.3 Å². The summed E-state index contributed by atoms with van der Waals surface area (Å²) < 4.78 is 0. The van der Waals surface area contributed by atoms with Gasteiger partial charge in [-0.1, -0.05) is 118 Å². The summed E-state index contributed by atoms with van der Waals surface area (Å²) in [6.45, 7) is 9.31. The van der Waals surface area contributed by atoms with Crippen molar-refractivity contribution in [3.8, 4) is 0 Å². The Morgan fingerprint density at radius 3 is 1.48 bits per heavy atom. The molecule has 21 heavy (non-hydrogen) atoms. The molecule has 0 aromatic heterocycles. The Kier molecular flexibility index (Phi) is 16.4. The molecule has 0 heteroatoms. The summed E-state index contributed by atoms with van der Waals surface area (Å²) in [6, 6.07) is 0. The summed E-state index contributed by atoms with van der Waals surface area (Å²) in [4.78, 5) is 0. The molecule has 0 bridgehead atoms. The first-order valence-corrected chi connectivity index (χ1v) is 10.1. The highest BCUT2D eigenvalue weighted by Gasteiger charge is 2.15. The van der Waals surface area contributed by atoms with E-state index in [-0.39, 0.29) is 0 Å². The minimum absolute atomic E-state index is 0.898. The van der Waals surface area contributed by atoms with Gasteiger partial charge in [-0.3, -0.25) is 0 Å². The second-order valence-corrected chi connectivity index (χ2v) is 6.99. The van der Waals surface area contributed by atoms with Crippen LogP contribution in [0.2, 0.25) is 0 Å². The van der Waals surface area contributed by atoms with Gasteiger partial charge in [0.15, 0.2) is 0 Å². The number of rotatable bonds is 16. The molecule has 0 heterocycles. The molecule has 0 aliphatic carbocycles. The SMILES string of the molecule is CCCCCCCC([CH]C(CCCC)CCCC)CCC. The van der Waals surface area contributed by atoms with E-state index in [4.69, 9.17) is 0 Å². The third-order valence-corrected chi connectivity index (χ3v) is 4.74. The Bertz CT molecular complexity index is 176. The fraction of sp³-hybridized carbons (Fsp3) is 0.952. The van der Waals surface area contributed by atoms with Crippen LogP contribution in [0.15, 0.2) is 0 Å². The predicted molar refractivity (Wildman–Crippen MR) is 98.6 cm³/mol. The molecule has 0 spiro atoms. The first kappa shape index (κ1) is 21.0. The Balaban J connectivity index is 4.06. The average Bonchev–Trinajstić information content (AvgIpc) is 2.49. The lowest BCUT2D eigenvalue weighted by Gasteiger charge is -2.23. The van der Waals surface area contributed by atoms with E-state index in [9.17, 15) is 0 Å². The van der Waals surface area contributed by atoms with Crippen molar-refractivity contribution in [2.75, 3.05) is 0 Å². The molecular weight excluding hydrogens is 252 g/mol. The molecule has 0 rings (SSSR count). The van der Waals surface area contributed by atoms with Gasteiger partial charge in [-0.05, 0) is 18.3 Å². The van der Waals surface area contributed by atoms with Crippen molar-refractivity contribution < 1.29 is 0 Å². The van der Waals surface area contributed by atoms with Gasteiger partial charge in [-0.15, -0.1) is 0 Å². The van der Waals surface area contributed by atoms with Crippen LogP contribution in [0.25, 0.3) is 0 Å². The smallest absolute Gasteiger partial charge is 0.0324 e. The maximum Gasteiger partial charge on any atom is -0.0324 e. The largest absolute Gasteiger partial charge is 0.0654 e. The number of hydrogen-bond donors (Lipinski definition) is 0. The normalized spacial score (nSPS) is 13.0. The van der Waals surface area contributed by atoms with E-state index in [1.807, 2.05) is 0 Å². The molecule has 0 nitrogen and oxygen atoms in total. The van der Waals surface area contributed by atoms with Crippen molar-refractivity contribution in [3.05, 3.63) is 6.42 Å². The quantitative estimate of drug-likeness (QED) is 0.253. The molecule has 1 radical (unpaired) electrons. The molecule has 1 atom stereocenters. The van der Waals surface area contributed by atoms with E-state index in [1.165, 1.54) is 89.9 Å². The summed E-state index contributed by atoms with van der Waals surface area (Å²) in [6.07, 6.45) is 22.6. The van der Waals surface area contributed by atoms with Crippen LogP contribution >= 0.6 is 0 Å². The molecule has 0 aromatic rings. The van der Waals surface area contributed by atoms with Crippen molar-refractivity contribution in [3.63, 3.8) is 0 Å². The fourth-order valence-corrected chi connectivity index (χ4v) is 3.37. The molecule has 0 amide bonds. The first-order chi connectivity index (χ1) is 10.3. The highest BCUT2D eigenvalue weighted by atomic mass is 14.2. The second kappa shape index (κ2) is 16.4. The molecule has 0 saturated heterocycles. The van der Waals surface area contributed by atoms with Crippen molar-refractivity contribution >= 4 is 0 Å². The van der Waals surface area contributed by atoms with Gasteiger partial charge in [0.25, 0.3) is 0 Å². The lowest BCUT2D eigenvalue weighted by molar-refractivity contribution is 0.378. The van der Waals surface area contributed by atoms with Crippen molar-refractivity contribution in [1.82, 2.24) is 0 Å². The van der Waals surface area contributed by atoms with Gasteiger partial charge in [0.05, 0.1) is 0 Å². The summed E-state index contributed by atoms with van der Waals surface area (Å²) in [5.74, 6) is 1.80. The summed E-state index contributed by atoms with van der Waals surface area (Å²) in [5.41, 5.74) is 0. The first-order valence-electron chi connectivity index (χ1n) is 10.1. The molecule has 0 aliphatic rings. The lowest BCUT2D eigenvalue weighted by atomic mass is 9.82. The van der Waals surface area contributed by atoms with Crippen molar-refractivity contribution in [1.29, 1.82) is 0 Å². The number of unbranched alkanes of at least 4 members (excludes halogenated alkanes) is 6. The average molecular weight is 296 g/mol. The lowest BCUT2D eigenvalue weighted by Crippen LogP contribution is -2.11. The standard InChI is InChI=1S/C21H43/c1-5-9-12-13-14-18-20(15-8-4)19-21(16-10-6-2)17-11-7-3/h19-21H,5-18H2,1-4H3. The van der Waals surface area contributed by atoms with Crippen LogP contribution in [-0.4, -0.2) is 0 Å². The molecule has 127 valence electrons. The molecule has 1 unspecified atom stereocenters. The maximum atomic E-state index is 2.77. The highest BCUT2D eigenvalue weighted by Crippen LogP contribution is 2.28. The van der Waals surface area contributed by atoms with Gasteiger partial charge in [0.1, 0.15) is 0 Å². The Labute approximate surface area is 136 Å². The zero-order valence-electron chi connectivity index (χ0n) is 15.6. The molecule has 0 fully saturated rings. The Morgan fingerprint density at radius 2 is 0.952 bits per heavy atom. The molecular formula is C21H43. The van der Waals surface area contributed by atoms with Crippen LogP contribution in [0.5, 0.6) is 0 Å². The predicted octanol–water partition coefficient (Wildman–Crippen LogP) is 7.96. The van der Waals surface area contributed by atoms with Crippen LogP contribution in [-0.2, 0) is 0 Å². The topological polar surface area (TPSA) is 0 Å². The van der Waals surface area contributed by atoms with Crippen molar-refractivity contribution in [2.24, 2.45) is 11.8 Å². The van der Waals surface area contributed by atoms with Gasteiger partial charge < -0.3 is 0 Å². The minimum atomic E-state index is 0.898. The van der Waals surface area contributed by atoms with Gasteiger partial charge in [0, 0.05) is 0 Å². The van der Waals surface area contributed by atoms with Gasteiger partial charge in [0.2, 0.25) is 0 Å².